The van der Waals surface area contributed by atoms with Crippen LogP contribution in [0.15, 0.2) is 0 Å². The molecule has 1 saturated heterocycles. The van der Waals surface area contributed by atoms with Gasteiger partial charge in [0.05, 0.1) is 6.61 Å². The Labute approximate surface area is 95.7 Å². The Kier molecular flexibility index (Phi) is 4.70. The second kappa shape index (κ2) is 5.61. The molecular formula is C11H20O5. The topological polar surface area (TPSA) is 65.0 Å². The molecule has 2 atom stereocenters. The molecule has 0 saturated carbocycles. The minimum Gasteiger partial charge on any atom is -0.463 e. The summed E-state index contributed by atoms with van der Waals surface area (Å²) in [4.78, 5) is 11.2. The molecule has 1 rings (SSSR count). The maximum atomic E-state index is 11.2. The molecule has 1 N–H and O–H groups in total. The van der Waals surface area contributed by atoms with Gasteiger partial charge in [0.2, 0.25) is 0 Å². The third kappa shape index (κ3) is 3.73. The van der Waals surface area contributed by atoms with Gasteiger partial charge in [0.15, 0.2) is 5.79 Å². The van der Waals surface area contributed by atoms with Crippen molar-refractivity contribution in [2.75, 3.05) is 13.2 Å². The minimum absolute atomic E-state index is 0.132. The molecule has 0 unspecified atom stereocenters. The van der Waals surface area contributed by atoms with E-state index in [1.807, 2.05) is 6.92 Å². The van der Waals surface area contributed by atoms with E-state index in [0.717, 1.165) is 6.42 Å². The fraction of sp³-hybridized carbons (Fsp3) is 0.909. The predicted molar refractivity (Wildman–Crippen MR) is 56.8 cm³/mol. The largest absolute Gasteiger partial charge is 0.463 e. The smallest absolute Gasteiger partial charge is 0.305 e. The first-order valence-corrected chi connectivity index (χ1v) is 5.60. The number of aliphatic hydroxyl groups is 1. The summed E-state index contributed by atoms with van der Waals surface area (Å²) in [5, 5.41) is 9.09. The fourth-order valence-electron chi connectivity index (χ4n) is 1.66. The summed E-state index contributed by atoms with van der Waals surface area (Å²) in [7, 11) is 0. The van der Waals surface area contributed by atoms with E-state index >= 15 is 0 Å². The van der Waals surface area contributed by atoms with Crippen LogP contribution in [-0.2, 0) is 19.0 Å². The number of hydrogen-bond donors (Lipinski definition) is 1. The number of esters is 1. The van der Waals surface area contributed by atoms with Gasteiger partial charge >= 0.3 is 5.97 Å². The maximum absolute atomic E-state index is 11.2. The number of carbonyl (C=O) groups is 1. The maximum Gasteiger partial charge on any atom is 0.305 e. The van der Waals surface area contributed by atoms with Crippen LogP contribution in [0.5, 0.6) is 0 Å². The molecule has 0 radical (unpaired) electrons. The SMILES string of the molecule is CCCC(=O)OC[C@H]1OC(C)(C)O[C@H]1CO. The molecular weight excluding hydrogens is 212 g/mol. The normalized spacial score (nSPS) is 28.0. The predicted octanol–water partition coefficient (Wildman–Crippen LogP) is 0.842. The van der Waals surface area contributed by atoms with Crippen molar-refractivity contribution in [1.29, 1.82) is 0 Å². The van der Waals surface area contributed by atoms with Crippen LogP contribution in [0.1, 0.15) is 33.6 Å². The molecule has 0 aromatic carbocycles. The number of rotatable bonds is 5. The van der Waals surface area contributed by atoms with E-state index in [1.54, 1.807) is 13.8 Å². The summed E-state index contributed by atoms with van der Waals surface area (Å²) in [6.07, 6.45) is 0.349. The average molecular weight is 232 g/mol. The number of hydrogen-bond acceptors (Lipinski definition) is 5. The van der Waals surface area contributed by atoms with Crippen molar-refractivity contribution < 1.29 is 24.1 Å². The first-order chi connectivity index (χ1) is 7.48. The van der Waals surface area contributed by atoms with Crippen molar-refractivity contribution >= 4 is 5.97 Å². The van der Waals surface area contributed by atoms with Gasteiger partial charge in [-0.15, -0.1) is 0 Å². The summed E-state index contributed by atoms with van der Waals surface area (Å²) < 4.78 is 16.0. The Morgan fingerprint density at radius 2 is 2.00 bits per heavy atom. The van der Waals surface area contributed by atoms with Crippen molar-refractivity contribution in [2.45, 2.75) is 51.6 Å². The van der Waals surface area contributed by atoms with Gasteiger partial charge in [-0.3, -0.25) is 4.79 Å². The van der Waals surface area contributed by atoms with Crippen LogP contribution in [0, 0.1) is 0 Å². The van der Waals surface area contributed by atoms with Gasteiger partial charge in [-0.05, 0) is 20.3 Å². The highest BCUT2D eigenvalue weighted by Gasteiger charge is 2.41. The lowest BCUT2D eigenvalue weighted by atomic mass is 10.2. The molecule has 0 bridgehead atoms. The van der Waals surface area contributed by atoms with Crippen molar-refractivity contribution in [3.8, 4) is 0 Å². The van der Waals surface area contributed by atoms with Crippen LogP contribution in [-0.4, -0.2) is 42.3 Å². The molecule has 1 heterocycles. The Morgan fingerprint density at radius 1 is 1.38 bits per heavy atom. The third-order valence-electron chi connectivity index (χ3n) is 2.33. The second-order valence-corrected chi connectivity index (χ2v) is 4.33. The average Bonchev–Trinajstić information content (AvgIpc) is 2.51. The molecule has 0 aromatic heterocycles. The molecule has 0 aliphatic carbocycles. The van der Waals surface area contributed by atoms with E-state index in [-0.39, 0.29) is 25.3 Å². The van der Waals surface area contributed by atoms with Crippen LogP contribution in [0.25, 0.3) is 0 Å². The first-order valence-electron chi connectivity index (χ1n) is 5.60. The summed E-state index contributed by atoms with van der Waals surface area (Å²) in [5.74, 6) is -0.970. The molecule has 0 spiro atoms. The molecule has 5 nitrogen and oxygen atoms in total. The lowest BCUT2D eigenvalue weighted by Gasteiger charge is -2.16. The van der Waals surface area contributed by atoms with Crippen LogP contribution in [0.2, 0.25) is 0 Å². The molecule has 1 aliphatic rings. The Bertz CT molecular complexity index is 239. The fourth-order valence-corrected chi connectivity index (χ4v) is 1.66. The van der Waals surface area contributed by atoms with Gasteiger partial charge in [0.25, 0.3) is 0 Å². The molecule has 94 valence electrons. The zero-order chi connectivity index (χ0) is 12.2. The van der Waals surface area contributed by atoms with Gasteiger partial charge in [-0.2, -0.15) is 0 Å². The highest BCUT2D eigenvalue weighted by Crippen LogP contribution is 2.28. The zero-order valence-corrected chi connectivity index (χ0v) is 10.1. The van der Waals surface area contributed by atoms with Crippen LogP contribution in [0.4, 0.5) is 0 Å². The highest BCUT2D eigenvalue weighted by atomic mass is 16.8. The van der Waals surface area contributed by atoms with E-state index < -0.39 is 11.9 Å². The third-order valence-corrected chi connectivity index (χ3v) is 2.33. The second-order valence-electron chi connectivity index (χ2n) is 4.33. The van der Waals surface area contributed by atoms with Crippen molar-refractivity contribution in [1.82, 2.24) is 0 Å². The van der Waals surface area contributed by atoms with E-state index in [4.69, 9.17) is 19.3 Å². The number of carbonyl (C=O) groups excluding carboxylic acids is 1. The van der Waals surface area contributed by atoms with Crippen LogP contribution < -0.4 is 0 Å². The van der Waals surface area contributed by atoms with Gasteiger partial charge in [0.1, 0.15) is 18.8 Å². The minimum atomic E-state index is -0.727. The number of aliphatic hydroxyl groups excluding tert-OH is 1. The first kappa shape index (κ1) is 13.4. The standard InChI is InChI=1S/C11H20O5/c1-4-5-10(13)14-7-9-8(6-12)15-11(2,3)16-9/h8-9,12H,4-7H2,1-3H3/t8-,9+/m0/s1. The van der Waals surface area contributed by atoms with Crippen molar-refractivity contribution in [3.63, 3.8) is 0 Å². The molecule has 16 heavy (non-hydrogen) atoms. The van der Waals surface area contributed by atoms with E-state index in [1.165, 1.54) is 0 Å². The zero-order valence-electron chi connectivity index (χ0n) is 10.1. The van der Waals surface area contributed by atoms with Crippen molar-refractivity contribution in [3.05, 3.63) is 0 Å². The van der Waals surface area contributed by atoms with E-state index in [9.17, 15) is 4.79 Å². The highest BCUT2D eigenvalue weighted by molar-refractivity contribution is 5.69. The van der Waals surface area contributed by atoms with Gasteiger partial charge < -0.3 is 19.3 Å². The lowest BCUT2D eigenvalue weighted by molar-refractivity contribution is -0.160. The summed E-state index contributed by atoms with van der Waals surface area (Å²) >= 11 is 0. The summed E-state index contributed by atoms with van der Waals surface area (Å²) in [6, 6.07) is 0. The molecule has 0 aromatic rings. The summed E-state index contributed by atoms with van der Waals surface area (Å²) in [6.45, 7) is 5.44. The van der Waals surface area contributed by atoms with E-state index in [2.05, 4.69) is 0 Å². The van der Waals surface area contributed by atoms with Crippen molar-refractivity contribution in [2.24, 2.45) is 0 Å². The Balaban J connectivity index is 2.38. The van der Waals surface area contributed by atoms with Crippen LogP contribution in [0.3, 0.4) is 0 Å². The number of ether oxygens (including phenoxy) is 3. The lowest BCUT2D eigenvalue weighted by Crippen LogP contribution is -2.31. The van der Waals surface area contributed by atoms with Gasteiger partial charge in [-0.1, -0.05) is 6.92 Å². The Morgan fingerprint density at radius 3 is 2.56 bits per heavy atom. The molecule has 0 amide bonds. The van der Waals surface area contributed by atoms with Gasteiger partial charge in [0, 0.05) is 6.42 Å². The van der Waals surface area contributed by atoms with Crippen LogP contribution >= 0.6 is 0 Å². The molecule has 1 fully saturated rings. The quantitative estimate of drug-likeness (QED) is 0.712. The van der Waals surface area contributed by atoms with E-state index in [0.29, 0.717) is 6.42 Å². The summed E-state index contributed by atoms with van der Waals surface area (Å²) in [5.41, 5.74) is 0. The monoisotopic (exact) mass is 232 g/mol. The molecule has 5 heteroatoms. The van der Waals surface area contributed by atoms with Gasteiger partial charge in [-0.25, -0.2) is 0 Å². The molecule has 1 aliphatic heterocycles. The Hall–Kier alpha value is -0.650.